The number of rotatable bonds is 12. The zero-order chi connectivity index (χ0) is 20.9. The molecular weight excluding hydrogens is 382 g/mol. The first-order valence-electron chi connectivity index (χ1n) is 10.3. The molecule has 0 saturated heterocycles. The van der Waals surface area contributed by atoms with E-state index in [0.29, 0.717) is 19.3 Å². The second-order valence-electron chi connectivity index (χ2n) is 6.94. The lowest BCUT2D eigenvalue weighted by molar-refractivity contribution is -0.131. The number of carbonyl (C=O) groups is 2. The highest BCUT2D eigenvalue weighted by molar-refractivity contribution is 7.98. The first kappa shape index (κ1) is 22.9. The maximum Gasteiger partial charge on any atom is 0.224 e. The van der Waals surface area contributed by atoms with E-state index < -0.39 is 0 Å². The average Bonchev–Trinajstić information content (AvgIpc) is 2.73. The number of thioether (sulfide) groups is 1. The Hall–Kier alpha value is -2.34. The maximum absolute atomic E-state index is 12.3. The molecule has 156 valence electrons. The predicted molar refractivity (Wildman–Crippen MR) is 120 cm³/mol. The van der Waals surface area contributed by atoms with E-state index in [9.17, 15) is 9.59 Å². The number of nitrogens with one attached hydrogen (secondary N) is 1. The molecule has 0 bridgehead atoms. The van der Waals surface area contributed by atoms with Crippen molar-refractivity contribution in [2.75, 3.05) is 18.4 Å². The Bertz CT molecular complexity index is 762. The van der Waals surface area contributed by atoms with Crippen LogP contribution in [0.4, 0.5) is 5.69 Å². The number of aromatic nitrogens is 1. The van der Waals surface area contributed by atoms with Crippen LogP contribution in [0.1, 0.15) is 51.5 Å². The Morgan fingerprint density at radius 3 is 2.52 bits per heavy atom. The maximum atomic E-state index is 12.3. The summed E-state index contributed by atoms with van der Waals surface area (Å²) in [5.74, 6) is 0.889. The van der Waals surface area contributed by atoms with Crippen molar-refractivity contribution in [3.05, 3.63) is 54.2 Å². The molecule has 0 radical (unpaired) electrons. The molecule has 1 aromatic heterocycles. The molecule has 0 saturated carbocycles. The van der Waals surface area contributed by atoms with E-state index in [0.717, 1.165) is 48.0 Å². The van der Waals surface area contributed by atoms with Crippen LogP contribution >= 0.6 is 11.8 Å². The van der Waals surface area contributed by atoms with Crippen LogP contribution in [0.25, 0.3) is 0 Å². The van der Waals surface area contributed by atoms with Gasteiger partial charge in [0.05, 0.1) is 5.03 Å². The molecule has 0 fully saturated rings. The molecule has 0 aliphatic heterocycles. The molecule has 1 aromatic carbocycles. The minimum Gasteiger partial charge on any atom is -0.343 e. The molecule has 6 heteroatoms. The van der Waals surface area contributed by atoms with Gasteiger partial charge in [-0.3, -0.25) is 9.59 Å². The third kappa shape index (κ3) is 8.69. The topological polar surface area (TPSA) is 62.3 Å². The van der Waals surface area contributed by atoms with Crippen molar-refractivity contribution >= 4 is 29.3 Å². The zero-order valence-electron chi connectivity index (χ0n) is 17.4. The molecule has 1 heterocycles. The van der Waals surface area contributed by atoms with Crippen LogP contribution < -0.4 is 5.32 Å². The second kappa shape index (κ2) is 13.0. The van der Waals surface area contributed by atoms with Crippen molar-refractivity contribution in [1.29, 1.82) is 0 Å². The number of nitrogens with zero attached hydrogens (tertiary/aromatic N) is 2. The van der Waals surface area contributed by atoms with Gasteiger partial charge in [-0.2, -0.15) is 0 Å². The molecule has 2 aromatic rings. The van der Waals surface area contributed by atoms with Crippen molar-refractivity contribution in [3.8, 4) is 0 Å². The molecule has 1 N–H and O–H groups in total. The summed E-state index contributed by atoms with van der Waals surface area (Å²) in [6.45, 7) is 5.74. The molecule has 2 rings (SSSR count). The lowest BCUT2D eigenvalue weighted by Crippen LogP contribution is -2.32. The minimum absolute atomic E-state index is 0.0511. The van der Waals surface area contributed by atoms with E-state index >= 15 is 0 Å². The molecule has 2 amide bonds. The van der Waals surface area contributed by atoms with Crippen LogP contribution in [0.15, 0.2) is 53.7 Å². The SMILES string of the molecule is CCCN(CCC)C(=O)CCCC(=O)Nc1cccc(CSc2ccccn2)c1. The highest BCUT2D eigenvalue weighted by Gasteiger charge is 2.12. The fourth-order valence-electron chi connectivity index (χ4n) is 3.01. The second-order valence-corrected chi connectivity index (χ2v) is 7.94. The van der Waals surface area contributed by atoms with Gasteiger partial charge in [-0.15, -0.1) is 11.8 Å². The lowest BCUT2D eigenvalue weighted by atomic mass is 10.2. The Labute approximate surface area is 178 Å². The van der Waals surface area contributed by atoms with Crippen molar-refractivity contribution < 1.29 is 9.59 Å². The summed E-state index contributed by atoms with van der Waals surface area (Å²) in [6.07, 6.45) is 5.05. The first-order valence-corrected chi connectivity index (χ1v) is 11.3. The number of hydrogen-bond donors (Lipinski definition) is 1. The Balaban J connectivity index is 1.76. The van der Waals surface area contributed by atoms with Gasteiger partial charge < -0.3 is 10.2 Å². The zero-order valence-corrected chi connectivity index (χ0v) is 18.2. The fourth-order valence-corrected chi connectivity index (χ4v) is 3.82. The quantitative estimate of drug-likeness (QED) is 0.490. The number of pyridine rings is 1. The molecule has 5 nitrogen and oxygen atoms in total. The van der Waals surface area contributed by atoms with E-state index in [2.05, 4.69) is 24.1 Å². The summed E-state index contributed by atoms with van der Waals surface area (Å²) >= 11 is 1.66. The molecular formula is C23H31N3O2S. The van der Waals surface area contributed by atoms with E-state index in [1.54, 1.807) is 18.0 Å². The smallest absolute Gasteiger partial charge is 0.224 e. The molecule has 0 atom stereocenters. The summed E-state index contributed by atoms with van der Waals surface area (Å²) < 4.78 is 0. The predicted octanol–water partition coefficient (Wildman–Crippen LogP) is 5.13. The number of amides is 2. The van der Waals surface area contributed by atoms with Crippen LogP contribution in [-0.4, -0.2) is 34.8 Å². The molecule has 0 aliphatic carbocycles. The van der Waals surface area contributed by atoms with Gasteiger partial charge in [0.25, 0.3) is 0 Å². The van der Waals surface area contributed by atoms with Crippen molar-refractivity contribution in [3.63, 3.8) is 0 Å². The number of benzene rings is 1. The van der Waals surface area contributed by atoms with Gasteiger partial charge in [-0.25, -0.2) is 4.98 Å². The van der Waals surface area contributed by atoms with E-state index in [1.807, 2.05) is 47.4 Å². The number of hydrogen-bond acceptors (Lipinski definition) is 4. The fraction of sp³-hybridized carbons (Fsp3) is 0.435. The van der Waals surface area contributed by atoms with Crippen LogP contribution in [0.2, 0.25) is 0 Å². The van der Waals surface area contributed by atoms with Gasteiger partial charge in [0.15, 0.2) is 0 Å². The van der Waals surface area contributed by atoms with E-state index in [4.69, 9.17) is 0 Å². The number of anilines is 1. The third-order valence-corrected chi connectivity index (χ3v) is 5.38. The van der Waals surface area contributed by atoms with Crippen LogP contribution in [0.5, 0.6) is 0 Å². The van der Waals surface area contributed by atoms with Crippen molar-refractivity contribution in [2.45, 2.75) is 56.7 Å². The van der Waals surface area contributed by atoms with Crippen molar-refractivity contribution in [2.24, 2.45) is 0 Å². The van der Waals surface area contributed by atoms with Gasteiger partial charge in [-0.1, -0.05) is 32.0 Å². The molecule has 0 aliphatic rings. The lowest BCUT2D eigenvalue weighted by Gasteiger charge is -2.21. The summed E-state index contributed by atoms with van der Waals surface area (Å²) in [5, 5.41) is 3.92. The standard InChI is InChI=1S/C23H31N3O2S/c1-3-15-26(16-4-2)23(28)13-8-11-21(27)25-20-10-7-9-19(17-20)18-29-22-12-5-6-14-24-22/h5-7,9-10,12,14,17H,3-4,8,11,13,15-16,18H2,1-2H3,(H,25,27). The first-order chi connectivity index (χ1) is 14.1. The van der Waals surface area contributed by atoms with Gasteiger partial charge in [-0.05, 0) is 49.1 Å². The average molecular weight is 414 g/mol. The van der Waals surface area contributed by atoms with E-state index in [-0.39, 0.29) is 11.8 Å². The molecule has 0 unspecified atom stereocenters. The Kier molecular flexibility index (Phi) is 10.3. The van der Waals surface area contributed by atoms with Crippen LogP contribution in [0.3, 0.4) is 0 Å². The summed E-state index contributed by atoms with van der Waals surface area (Å²) in [7, 11) is 0. The summed E-state index contributed by atoms with van der Waals surface area (Å²) in [4.78, 5) is 30.8. The van der Waals surface area contributed by atoms with Gasteiger partial charge in [0.1, 0.15) is 0 Å². The highest BCUT2D eigenvalue weighted by Crippen LogP contribution is 2.22. The van der Waals surface area contributed by atoms with Crippen LogP contribution in [-0.2, 0) is 15.3 Å². The monoisotopic (exact) mass is 413 g/mol. The molecule has 0 spiro atoms. The highest BCUT2D eigenvalue weighted by atomic mass is 32.2. The summed E-state index contributed by atoms with van der Waals surface area (Å²) in [5.41, 5.74) is 1.92. The minimum atomic E-state index is -0.0511. The Morgan fingerprint density at radius 2 is 1.83 bits per heavy atom. The Morgan fingerprint density at radius 1 is 1.03 bits per heavy atom. The normalized spacial score (nSPS) is 10.6. The van der Waals surface area contributed by atoms with E-state index in [1.165, 1.54) is 0 Å². The van der Waals surface area contributed by atoms with Crippen LogP contribution in [0, 0.1) is 0 Å². The third-order valence-electron chi connectivity index (χ3n) is 4.37. The van der Waals surface area contributed by atoms with Gasteiger partial charge in [0.2, 0.25) is 11.8 Å². The largest absolute Gasteiger partial charge is 0.343 e. The summed E-state index contributed by atoms with van der Waals surface area (Å²) in [6, 6.07) is 13.7. The molecule has 29 heavy (non-hydrogen) atoms. The number of carbonyl (C=O) groups excluding carboxylic acids is 2. The van der Waals surface area contributed by atoms with Crippen molar-refractivity contribution in [1.82, 2.24) is 9.88 Å². The van der Waals surface area contributed by atoms with Gasteiger partial charge >= 0.3 is 0 Å². The van der Waals surface area contributed by atoms with Gasteiger partial charge in [0, 0.05) is 43.6 Å².